The van der Waals surface area contributed by atoms with Crippen molar-refractivity contribution in [3.63, 3.8) is 0 Å². The lowest BCUT2D eigenvalue weighted by atomic mass is 9.84. The number of aryl methyl sites for hydroxylation is 2. The van der Waals surface area contributed by atoms with E-state index in [-0.39, 0.29) is 5.82 Å². The summed E-state index contributed by atoms with van der Waals surface area (Å²) >= 11 is 0. The largest absolute Gasteiger partial charge is 0.207 e. The molecule has 142 valence electrons. The molecule has 0 radical (unpaired) electrons. The molecule has 3 rings (SSSR count). The van der Waals surface area contributed by atoms with Gasteiger partial charge < -0.3 is 0 Å². The van der Waals surface area contributed by atoms with Crippen molar-refractivity contribution in [3.8, 4) is 0 Å². The summed E-state index contributed by atoms with van der Waals surface area (Å²) in [7, 11) is 0. The van der Waals surface area contributed by atoms with Crippen molar-refractivity contribution in [2.24, 2.45) is 17.8 Å². The smallest absolute Gasteiger partial charge is 0.126 e. The third-order valence-corrected chi connectivity index (χ3v) is 5.53. The second-order valence-corrected chi connectivity index (χ2v) is 8.55. The first-order valence-electron chi connectivity index (χ1n) is 10.2. The van der Waals surface area contributed by atoms with Crippen LogP contribution in [0.4, 0.5) is 4.39 Å². The predicted molar refractivity (Wildman–Crippen MR) is 109 cm³/mol. The molecule has 0 nitrogen and oxygen atoms in total. The van der Waals surface area contributed by atoms with E-state index in [1.54, 1.807) is 18.6 Å². The van der Waals surface area contributed by atoms with Gasteiger partial charge >= 0.3 is 0 Å². The van der Waals surface area contributed by atoms with E-state index >= 15 is 0 Å². The summed E-state index contributed by atoms with van der Waals surface area (Å²) in [5.74, 6) is 2.87. The van der Waals surface area contributed by atoms with Crippen molar-refractivity contribution in [2.75, 3.05) is 0 Å². The molecule has 0 spiro atoms. The Morgan fingerprint density at radius 3 is 1.72 bits per heavy atom. The van der Waals surface area contributed by atoms with Gasteiger partial charge in [-0.25, -0.2) is 4.39 Å². The molecule has 0 aromatic heterocycles. The molecule has 1 atom stereocenters. The average Bonchev–Trinajstić information content (AvgIpc) is 2.58. The van der Waals surface area contributed by atoms with Gasteiger partial charge in [0, 0.05) is 0 Å². The highest BCUT2D eigenvalue weighted by atomic mass is 19.1. The molecular formula is C24H39F. The Kier molecular flexibility index (Phi) is 10.1. The highest BCUT2D eigenvalue weighted by molar-refractivity contribution is 5.21. The molecule has 1 fully saturated rings. The Morgan fingerprint density at radius 2 is 1.36 bits per heavy atom. The number of halogens is 1. The zero-order valence-corrected chi connectivity index (χ0v) is 17.4. The van der Waals surface area contributed by atoms with E-state index in [0.29, 0.717) is 5.56 Å². The molecular weight excluding hydrogens is 307 g/mol. The van der Waals surface area contributed by atoms with Crippen LogP contribution in [-0.2, 0) is 0 Å². The Hall–Kier alpha value is -1.11. The van der Waals surface area contributed by atoms with Crippen LogP contribution < -0.4 is 0 Å². The van der Waals surface area contributed by atoms with Crippen LogP contribution in [0.1, 0.15) is 83.8 Å². The van der Waals surface area contributed by atoms with Crippen LogP contribution in [0.15, 0.2) is 29.8 Å². The molecule has 1 saturated carbocycles. The number of benzene rings is 1. The summed E-state index contributed by atoms with van der Waals surface area (Å²) < 4.78 is 12.6. The van der Waals surface area contributed by atoms with Crippen LogP contribution in [0.3, 0.4) is 0 Å². The van der Waals surface area contributed by atoms with Crippen LogP contribution >= 0.6 is 0 Å². The minimum atomic E-state index is -0.116. The van der Waals surface area contributed by atoms with E-state index in [0.717, 1.165) is 23.3 Å². The molecule has 1 aromatic rings. The van der Waals surface area contributed by atoms with Crippen LogP contribution in [0.2, 0.25) is 0 Å². The molecule has 0 bridgehead atoms. The minimum absolute atomic E-state index is 0.116. The van der Waals surface area contributed by atoms with Gasteiger partial charge in [0.05, 0.1) is 0 Å². The van der Waals surface area contributed by atoms with E-state index in [2.05, 4.69) is 33.8 Å². The van der Waals surface area contributed by atoms with Gasteiger partial charge in [-0.2, -0.15) is 0 Å². The lowest BCUT2D eigenvalue weighted by Gasteiger charge is -2.22. The quantitative estimate of drug-likeness (QED) is 0.417. The summed E-state index contributed by atoms with van der Waals surface area (Å²) in [5, 5.41) is 0. The zero-order valence-electron chi connectivity index (χ0n) is 17.4. The molecule has 0 amide bonds. The Labute approximate surface area is 155 Å². The Bertz CT molecular complexity index is 511. The second kappa shape index (κ2) is 11.5. The highest BCUT2D eigenvalue weighted by Gasteiger charge is 2.13. The van der Waals surface area contributed by atoms with Crippen LogP contribution in [-0.4, -0.2) is 0 Å². The van der Waals surface area contributed by atoms with Crippen molar-refractivity contribution >= 4 is 0 Å². The SMILES string of the molecule is CC1=CCC(C)CC1.CC1CCC(C)CC1.Cc1ccc(C)c(F)c1. The third-order valence-electron chi connectivity index (χ3n) is 5.53. The molecule has 0 aliphatic heterocycles. The molecule has 0 heterocycles. The van der Waals surface area contributed by atoms with Gasteiger partial charge in [0.1, 0.15) is 5.82 Å². The van der Waals surface area contributed by atoms with Crippen molar-refractivity contribution in [2.45, 2.75) is 86.5 Å². The van der Waals surface area contributed by atoms with E-state index in [9.17, 15) is 4.39 Å². The fraction of sp³-hybridized carbons (Fsp3) is 0.667. The van der Waals surface area contributed by atoms with Gasteiger partial charge in [-0.3, -0.25) is 0 Å². The maximum Gasteiger partial charge on any atom is 0.126 e. The molecule has 1 aromatic carbocycles. The maximum absolute atomic E-state index is 12.6. The van der Waals surface area contributed by atoms with Crippen molar-refractivity contribution in [1.82, 2.24) is 0 Å². The summed E-state index contributed by atoms with van der Waals surface area (Å²) in [5.41, 5.74) is 3.27. The average molecular weight is 347 g/mol. The predicted octanol–water partition coefficient (Wildman–Crippen LogP) is 8.03. The van der Waals surface area contributed by atoms with Gasteiger partial charge in [-0.1, -0.05) is 70.2 Å². The normalized spacial score (nSPS) is 25.7. The first kappa shape index (κ1) is 21.9. The lowest BCUT2D eigenvalue weighted by molar-refractivity contribution is 0.308. The standard InChI is InChI=1S/C8H9F.C8H16.C8H14/c1-6-3-4-7(2)8(9)5-6;2*1-7-3-5-8(2)6-4-7/h3-5H,1-2H3;7-8H,3-6H2,1-2H3;3,8H,4-6H2,1-2H3. The number of allylic oxidation sites excluding steroid dienone is 2. The van der Waals surface area contributed by atoms with Crippen molar-refractivity contribution < 1.29 is 4.39 Å². The molecule has 1 unspecified atom stereocenters. The van der Waals surface area contributed by atoms with E-state index in [1.165, 1.54) is 51.0 Å². The number of hydrogen-bond acceptors (Lipinski definition) is 0. The number of hydrogen-bond donors (Lipinski definition) is 0. The van der Waals surface area contributed by atoms with Crippen molar-refractivity contribution in [1.29, 1.82) is 0 Å². The molecule has 0 saturated heterocycles. The Balaban J connectivity index is 0.000000188. The van der Waals surface area contributed by atoms with Crippen LogP contribution in [0.25, 0.3) is 0 Å². The maximum atomic E-state index is 12.6. The third kappa shape index (κ3) is 9.82. The summed E-state index contributed by atoms with van der Waals surface area (Å²) in [6.07, 6.45) is 12.3. The minimum Gasteiger partial charge on any atom is -0.207 e. The second-order valence-electron chi connectivity index (χ2n) is 8.55. The highest BCUT2D eigenvalue weighted by Crippen LogP contribution is 2.27. The van der Waals surface area contributed by atoms with E-state index in [4.69, 9.17) is 0 Å². The molecule has 0 N–H and O–H groups in total. The van der Waals surface area contributed by atoms with Gasteiger partial charge in [0.25, 0.3) is 0 Å². The van der Waals surface area contributed by atoms with E-state index < -0.39 is 0 Å². The van der Waals surface area contributed by atoms with Gasteiger partial charge in [0.15, 0.2) is 0 Å². The monoisotopic (exact) mass is 346 g/mol. The Morgan fingerprint density at radius 1 is 0.800 bits per heavy atom. The first-order valence-corrected chi connectivity index (χ1v) is 10.2. The van der Waals surface area contributed by atoms with Crippen molar-refractivity contribution in [3.05, 3.63) is 46.8 Å². The van der Waals surface area contributed by atoms with Gasteiger partial charge in [0.2, 0.25) is 0 Å². The lowest BCUT2D eigenvalue weighted by Crippen LogP contribution is -2.08. The summed E-state index contributed by atoms with van der Waals surface area (Å²) in [6, 6.07) is 5.22. The molecule has 25 heavy (non-hydrogen) atoms. The van der Waals surface area contributed by atoms with Crippen LogP contribution in [0.5, 0.6) is 0 Å². The summed E-state index contributed by atoms with van der Waals surface area (Å²) in [4.78, 5) is 0. The molecule has 2 aliphatic rings. The van der Waals surface area contributed by atoms with E-state index in [1.807, 2.05) is 13.0 Å². The molecule has 1 heteroatoms. The van der Waals surface area contributed by atoms with Gasteiger partial charge in [-0.15, -0.1) is 0 Å². The first-order chi connectivity index (χ1) is 11.8. The summed E-state index contributed by atoms with van der Waals surface area (Å²) in [6.45, 7) is 12.9. The van der Waals surface area contributed by atoms with Gasteiger partial charge in [-0.05, 0) is 75.0 Å². The fourth-order valence-corrected chi connectivity index (χ4v) is 3.22. The fourth-order valence-electron chi connectivity index (χ4n) is 3.22. The zero-order chi connectivity index (χ0) is 18.8. The number of rotatable bonds is 0. The topological polar surface area (TPSA) is 0 Å². The van der Waals surface area contributed by atoms with Crippen LogP contribution in [0, 0.1) is 37.4 Å². The molecule has 2 aliphatic carbocycles.